The van der Waals surface area contributed by atoms with Crippen molar-refractivity contribution in [3.8, 4) is 0 Å². The van der Waals surface area contributed by atoms with E-state index in [-0.39, 0.29) is 0 Å². The summed E-state index contributed by atoms with van der Waals surface area (Å²) in [7, 11) is 0. The number of nitrogens with zero attached hydrogens (tertiary/aromatic N) is 1. The lowest BCUT2D eigenvalue weighted by Gasteiger charge is -2.40. The summed E-state index contributed by atoms with van der Waals surface area (Å²) in [4.78, 5) is 14.4. The van der Waals surface area contributed by atoms with Crippen LogP contribution in [0.2, 0.25) is 0 Å². The van der Waals surface area contributed by atoms with Crippen LogP contribution in [0.4, 0.5) is 0 Å². The quantitative estimate of drug-likeness (QED) is 0.724. The van der Waals surface area contributed by atoms with Gasteiger partial charge in [0.2, 0.25) is 0 Å². The zero-order valence-corrected chi connectivity index (χ0v) is 12.8. The molecule has 2 atom stereocenters. The van der Waals surface area contributed by atoms with Gasteiger partial charge in [0.1, 0.15) is 5.78 Å². The van der Waals surface area contributed by atoms with E-state index < -0.39 is 0 Å². The minimum absolute atomic E-state index is 0.378. The molecule has 0 amide bonds. The van der Waals surface area contributed by atoms with Crippen LogP contribution in [0.3, 0.4) is 0 Å². The van der Waals surface area contributed by atoms with E-state index >= 15 is 0 Å². The lowest BCUT2D eigenvalue weighted by Crippen LogP contribution is -2.47. The van der Waals surface area contributed by atoms with Crippen molar-refractivity contribution >= 4 is 5.78 Å². The molecule has 1 heterocycles. The molecule has 20 heavy (non-hydrogen) atoms. The number of unbranched alkanes of at least 4 members (excludes halogenated alkanes) is 2. The smallest absolute Gasteiger partial charge is 0.136 e. The number of Topliss-reactive ketones (excluding diaryl/α,β-unsaturated/α-hetero) is 1. The van der Waals surface area contributed by atoms with Crippen LogP contribution in [0.25, 0.3) is 0 Å². The summed E-state index contributed by atoms with van der Waals surface area (Å²) in [5.41, 5.74) is 1.36. The molecule has 1 aromatic rings. The SMILES string of the molecule is CCCCCC1CC(=O)CC(C)N1Cc1ccccc1. The predicted octanol–water partition coefficient (Wildman–Crippen LogP) is 4.19. The van der Waals surface area contributed by atoms with Crippen molar-refractivity contribution in [2.24, 2.45) is 0 Å². The monoisotopic (exact) mass is 273 g/mol. The first-order chi connectivity index (χ1) is 9.70. The minimum Gasteiger partial charge on any atom is -0.300 e. The van der Waals surface area contributed by atoms with E-state index in [2.05, 4.69) is 49.1 Å². The van der Waals surface area contributed by atoms with E-state index in [1.165, 1.54) is 24.8 Å². The first kappa shape index (κ1) is 15.2. The molecule has 0 N–H and O–H groups in total. The van der Waals surface area contributed by atoms with Gasteiger partial charge in [-0.3, -0.25) is 9.69 Å². The van der Waals surface area contributed by atoms with Gasteiger partial charge >= 0.3 is 0 Å². The Morgan fingerprint density at radius 1 is 1.15 bits per heavy atom. The highest BCUT2D eigenvalue weighted by atomic mass is 16.1. The Balaban J connectivity index is 2.02. The lowest BCUT2D eigenvalue weighted by atomic mass is 9.91. The number of benzene rings is 1. The fourth-order valence-corrected chi connectivity index (χ4v) is 3.25. The van der Waals surface area contributed by atoms with E-state index in [1.54, 1.807) is 0 Å². The van der Waals surface area contributed by atoms with Crippen LogP contribution in [0.15, 0.2) is 30.3 Å². The first-order valence-electron chi connectivity index (χ1n) is 8.02. The average molecular weight is 273 g/mol. The lowest BCUT2D eigenvalue weighted by molar-refractivity contribution is -0.125. The number of rotatable bonds is 6. The molecule has 0 bridgehead atoms. The van der Waals surface area contributed by atoms with Gasteiger partial charge in [0.05, 0.1) is 0 Å². The summed E-state index contributed by atoms with van der Waals surface area (Å²) in [6.45, 7) is 5.41. The third-order valence-corrected chi connectivity index (χ3v) is 4.37. The Kier molecular flexibility index (Phi) is 5.78. The van der Waals surface area contributed by atoms with Crippen molar-refractivity contribution < 1.29 is 4.79 Å². The molecule has 2 nitrogen and oxygen atoms in total. The second-order valence-corrected chi connectivity index (χ2v) is 6.10. The highest BCUT2D eigenvalue weighted by Crippen LogP contribution is 2.26. The second-order valence-electron chi connectivity index (χ2n) is 6.10. The van der Waals surface area contributed by atoms with E-state index in [0.29, 0.717) is 17.9 Å². The molecule has 1 fully saturated rings. The standard InChI is InChI=1S/C18H27NO/c1-3-4-6-11-17-13-18(20)12-15(2)19(17)14-16-9-7-5-8-10-16/h5,7-10,15,17H,3-4,6,11-14H2,1-2H3. The molecule has 2 rings (SSSR count). The fourth-order valence-electron chi connectivity index (χ4n) is 3.25. The van der Waals surface area contributed by atoms with Crippen LogP contribution in [-0.4, -0.2) is 22.8 Å². The van der Waals surface area contributed by atoms with E-state index in [4.69, 9.17) is 0 Å². The Morgan fingerprint density at radius 3 is 2.60 bits per heavy atom. The van der Waals surface area contributed by atoms with Gasteiger partial charge in [0.15, 0.2) is 0 Å². The van der Waals surface area contributed by atoms with Crippen LogP contribution >= 0.6 is 0 Å². The molecular formula is C18H27NO. The summed E-state index contributed by atoms with van der Waals surface area (Å²) >= 11 is 0. The topological polar surface area (TPSA) is 20.3 Å². The molecule has 0 aromatic heterocycles. The van der Waals surface area contributed by atoms with Gasteiger partial charge in [-0.2, -0.15) is 0 Å². The maximum Gasteiger partial charge on any atom is 0.136 e. The van der Waals surface area contributed by atoms with Crippen molar-refractivity contribution in [2.75, 3.05) is 0 Å². The van der Waals surface area contributed by atoms with Gasteiger partial charge in [-0.05, 0) is 18.9 Å². The fraction of sp³-hybridized carbons (Fsp3) is 0.611. The van der Waals surface area contributed by atoms with Gasteiger partial charge in [-0.25, -0.2) is 0 Å². The maximum atomic E-state index is 11.9. The zero-order valence-electron chi connectivity index (χ0n) is 12.8. The Hall–Kier alpha value is -1.15. The molecule has 0 aliphatic carbocycles. The number of carbonyl (C=O) groups excluding carboxylic acids is 1. The second kappa shape index (κ2) is 7.58. The van der Waals surface area contributed by atoms with E-state index in [0.717, 1.165) is 25.8 Å². The van der Waals surface area contributed by atoms with Gasteiger partial charge in [-0.1, -0.05) is 56.5 Å². The van der Waals surface area contributed by atoms with Crippen molar-refractivity contribution in [2.45, 2.75) is 71.0 Å². The number of hydrogen-bond acceptors (Lipinski definition) is 2. The van der Waals surface area contributed by atoms with Gasteiger partial charge in [0, 0.05) is 31.5 Å². The summed E-state index contributed by atoms with van der Waals surface area (Å²) in [6, 6.07) is 11.5. The molecule has 1 aliphatic heterocycles. The van der Waals surface area contributed by atoms with Crippen LogP contribution in [0.1, 0.15) is 57.9 Å². The van der Waals surface area contributed by atoms with Crippen LogP contribution < -0.4 is 0 Å². The largest absolute Gasteiger partial charge is 0.300 e. The summed E-state index contributed by atoms with van der Waals surface area (Å²) in [5, 5.41) is 0. The number of hydrogen-bond donors (Lipinski definition) is 0. The molecule has 0 saturated carbocycles. The summed E-state index contributed by atoms with van der Waals surface area (Å²) in [5.74, 6) is 0.448. The average Bonchev–Trinajstić information content (AvgIpc) is 2.44. The van der Waals surface area contributed by atoms with Gasteiger partial charge in [0.25, 0.3) is 0 Å². The summed E-state index contributed by atoms with van der Waals surface area (Å²) < 4.78 is 0. The predicted molar refractivity (Wildman–Crippen MR) is 83.6 cm³/mol. The van der Waals surface area contributed by atoms with E-state index in [1.807, 2.05) is 0 Å². The van der Waals surface area contributed by atoms with E-state index in [9.17, 15) is 4.79 Å². The van der Waals surface area contributed by atoms with Crippen molar-refractivity contribution in [1.29, 1.82) is 0 Å². The highest BCUT2D eigenvalue weighted by Gasteiger charge is 2.31. The molecule has 1 saturated heterocycles. The Labute approximate surface area is 123 Å². The number of piperidine rings is 1. The number of ketones is 1. The molecule has 1 aliphatic rings. The third kappa shape index (κ3) is 4.17. The molecule has 2 heteroatoms. The third-order valence-electron chi connectivity index (χ3n) is 4.37. The van der Waals surface area contributed by atoms with Gasteiger partial charge < -0.3 is 0 Å². The number of likely N-dealkylation sites (tertiary alicyclic amines) is 1. The van der Waals surface area contributed by atoms with Crippen molar-refractivity contribution in [3.63, 3.8) is 0 Å². The molecule has 110 valence electrons. The van der Waals surface area contributed by atoms with Crippen LogP contribution in [0, 0.1) is 0 Å². The minimum atomic E-state index is 0.378. The van der Waals surface area contributed by atoms with Crippen molar-refractivity contribution in [3.05, 3.63) is 35.9 Å². The number of carbonyl (C=O) groups is 1. The zero-order chi connectivity index (χ0) is 14.4. The highest BCUT2D eigenvalue weighted by molar-refractivity contribution is 5.80. The normalized spacial score (nSPS) is 24.0. The molecule has 1 aromatic carbocycles. The first-order valence-corrected chi connectivity index (χ1v) is 8.02. The van der Waals surface area contributed by atoms with Gasteiger partial charge in [-0.15, -0.1) is 0 Å². The Morgan fingerprint density at radius 2 is 1.90 bits per heavy atom. The van der Waals surface area contributed by atoms with Crippen LogP contribution in [-0.2, 0) is 11.3 Å². The summed E-state index contributed by atoms with van der Waals surface area (Å²) in [6.07, 6.45) is 6.40. The maximum absolute atomic E-state index is 11.9. The molecule has 2 unspecified atom stereocenters. The Bertz CT molecular complexity index is 415. The van der Waals surface area contributed by atoms with Crippen LogP contribution in [0.5, 0.6) is 0 Å². The van der Waals surface area contributed by atoms with Crippen molar-refractivity contribution in [1.82, 2.24) is 4.90 Å². The molecule has 0 radical (unpaired) electrons. The molecular weight excluding hydrogens is 246 g/mol. The molecule has 0 spiro atoms.